The third kappa shape index (κ3) is 6.74. The molecular formula is C29H33Cl2N5OS. The van der Waals surface area contributed by atoms with E-state index in [4.69, 9.17) is 28.2 Å². The van der Waals surface area contributed by atoms with Gasteiger partial charge in [-0.15, -0.1) is 0 Å². The van der Waals surface area contributed by atoms with Gasteiger partial charge in [0.05, 0.1) is 0 Å². The van der Waals surface area contributed by atoms with Crippen molar-refractivity contribution in [1.82, 2.24) is 14.9 Å². The van der Waals surface area contributed by atoms with Crippen molar-refractivity contribution in [1.29, 1.82) is 0 Å². The maximum atomic E-state index is 13.1. The van der Waals surface area contributed by atoms with Gasteiger partial charge in [0, 0.05) is 67.4 Å². The van der Waals surface area contributed by atoms with Crippen LogP contribution in [0.2, 0.25) is 10.2 Å². The fourth-order valence-electron chi connectivity index (χ4n) is 5.20. The Morgan fingerprint density at radius 3 is 2.42 bits per heavy atom. The Hall–Kier alpha value is -2.48. The zero-order valence-electron chi connectivity index (χ0n) is 21.7. The standard InChI is InChI=1S/C29H33Cl2N5OS/c1-34(24-7-3-2-4-8-24)27-19-26(31)32-29(33-27)38-20-21-10-12-22(13-11-21)28(37)36-16-14-35(15-17-36)25-9-5-6-23(30)18-25/h5-6,9-13,18-19,24H,2-4,7-8,14-17,20H2,1H3. The molecule has 2 aromatic carbocycles. The summed E-state index contributed by atoms with van der Waals surface area (Å²) in [5.74, 6) is 1.67. The van der Waals surface area contributed by atoms with Gasteiger partial charge in [0.2, 0.25) is 0 Å². The van der Waals surface area contributed by atoms with Crippen molar-refractivity contribution in [2.24, 2.45) is 0 Å². The Morgan fingerprint density at radius 1 is 0.974 bits per heavy atom. The lowest BCUT2D eigenvalue weighted by Crippen LogP contribution is -2.48. The molecule has 5 rings (SSSR count). The monoisotopic (exact) mass is 569 g/mol. The van der Waals surface area contributed by atoms with Gasteiger partial charge in [-0.2, -0.15) is 0 Å². The highest BCUT2D eigenvalue weighted by Crippen LogP contribution is 2.29. The van der Waals surface area contributed by atoms with Gasteiger partial charge < -0.3 is 14.7 Å². The summed E-state index contributed by atoms with van der Waals surface area (Å²) in [5.41, 5.74) is 2.93. The molecule has 1 aliphatic heterocycles. The average molecular weight is 571 g/mol. The second kappa shape index (κ2) is 12.6. The van der Waals surface area contributed by atoms with Crippen LogP contribution in [-0.4, -0.2) is 60.0 Å². The molecule has 6 nitrogen and oxygen atoms in total. The zero-order valence-corrected chi connectivity index (χ0v) is 24.0. The molecule has 0 unspecified atom stereocenters. The largest absolute Gasteiger partial charge is 0.368 e. The maximum Gasteiger partial charge on any atom is 0.253 e. The first kappa shape index (κ1) is 27.1. The first-order valence-corrected chi connectivity index (χ1v) is 15.0. The summed E-state index contributed by atoms with van der Waals surface area (Å²) < 4.78 is 0. The number of aromatic nitrogens is 2. The van der Waals surface area contributed by atoms with Crippen LogP contribution in [0.15, 0.2) is 59.8 Å². The molecule has 0 N–H and O–H groups in total. The lowest BCUT2D eigenvalue weighted by atomic mass is 9.94. The van der Waals surface area contributed by atoms with Gasteiger partial charge in [-0.1, -0.05) is 72.4 Å². The van der Waals surface area contributed by atoms with Crippen LogP contribution < -0.4 is 9.80 Å². The fraction of sp³-hybridized carbons (Fsp3) is 0.414. The van der Waals surface area contributed by atoms with Crippen LogP contribution in [0, 0.1) is 0 Å². The molecule has 2 aliphatic rings. The second-order valence-corrected chi connectivity index (χ2v) is 11.7. The molecule has 1 saturated heterocycles. The number of amides is 1. The van der Waals surface area contributed by atoms with E-state index in [0.29, 0.717) is 40.8 Å². The number of thioether (sulfide) groups is 1. The smallest absolute Gasteiger partial charge is 0.253 e. The van der Waals surface area contributed by atoms with E-state index in [9.17, 15) is 4.79 Å². The highest BCUT2D eigenvalue weighted by Gasteiger charge is 2.23. The van der Waals surface area contributed by atoms with Crippen molar-refractivity contribution < 1.29 is 4.79 Å². The lowest BCUT2D eigenvalue weighted by Gasteiger charge is -2.36. The Balaban J connectivity index is 1.15. The molecule has 0 atom stereocenters. The van der Waals surface area contributed by atoms with Gasteiger partial charge >= 0.3 is 0 Å². The number of nitrogens with zero attached hydrogens (tertiary/aromatic N) is 5. The minimum Gasteiger partial charge on any atom is -0.368 e. The molecule has 200 valence electrons. The normalized spacial score (nSPS) is 16.5. The molecule has 2 heterocycles. The SMILES string of the molecule is CN(c1cc(Cl)nc(SCc2ccc(C(=O)N3CCN(c4cccc(Cl)c4)CC3)cc2)n1)C1CCCCC1. The number of carbonyl (C=O) groups is 1. The number of hydrogen-bond acceptors (Lipinski definition) is 6. The molecule has 1 aliphatic carbocycles. The summed E-state index contributed by atoms with van der Waals surface area (Å²) in [4.78, 5) is 28.8. The van der Waals surface area contributed by atoms with Gasteiger partial charge in [-0.05, 0) is 48.7 Å². The molecule has 2 fully saturated rings. The quantitative estimate of drug-likeness (QED) is 0.177. The second-order valence-electron chi connectivity index (χ2n) is 9.98. The molecule has 0 spiro atoms. The number of benzene rings is 2. The number of rotatable bonds is 7. The predicted molar refractivity (Wildman–Crippen MR) is 158 cm³/mol. The van der Waals surface area contributed by atoms with Gasteiger partial charge in [-0.3, -0.25) is 4.79 Å². The van der Waals surface area contributed by atoms with Crippen molar-refractivity contribution in [2.75, 3.05) is 43.0 Å². The van der Waals surface area contributed by atoms with Gasteiger partial charge in [-0.25, -0.2) is 9.97 Å². The summed E-state index contributed by atoms with van der Waals surface area (Å²) in [5, 5.41) is 1.87. The molecule has 0 radical (unpaired) electrons. The topological polar surface area (TPSA) is 52.6 Å². The molecule has 3 aromatic rings. The predicted octanol–water partition coefficient (Wildman–Crippen LogP) is 6.81. The van der Waals surface area contributed by atoms with E-state index in [1.54, 1.807) is 11.8 Å². The molecule has 9 heteroatoms. The van der Waals surface area contributed by atoms with Gasteiger partial charge in [0.25, 0.3) is 5.91 Å². The maximum absolute atomic E-state index is 13.1. The van der Waals surface area contributed by atoms with Crippen LogP contribution in [0.5, 0.6) is 0 Å². The third-order valence-electron chi connectivity index (χ3n) is 7.45. The Labute approximate surface area is 239 Å². The summed E-state index contributed by atoms with van der Waals surface area (Å²) in [6, 6.07) is 18.1. The fourth-order valence-corrected chi connectivity index (χ4v) is 6.42. The minimum absolute atomic E-state index is 0.0727. The van der Waals surface area contributed by atoms with Gasteiger partial charge in [0.1, 0.15) is 11.0 Å². The Bertz CT molecular complexity index is 1240. The summed E-state index contributed by atoms with van der Waals surface area (Å²) in [7, 11) is 2.11. The van der Waals surface area contributed by atoms with Crippen LogP contribution in [0.1, 0.15) is 48.0 Å². The zero-order chi connectivity index (χ0) is 26.5. The number of piperazine rings is 1. The summed E-state index contributed by atoms with van der Waals surface area (Å²) in [6.07, 6.45) is 6.26. The molecular weight excluding hydrogens is 537 g/mol. The van der Waals surface area contributed by atoms with Crippen molar-refractivity contribution in [3.8, 4) is 0 Å². The van der Waals surface area contributed by atoms with Crippen molar-refractivity contribution >= 4 is 52.4 Å². The van der Waals surface area contributed by atoms with Crippen molar-refractivity contribution in [2.45, 2.75) is 49.1 Å². The van der Waals surface area contributed by atoms with E-state index >= 15 is 0 Å². The van der Waals surface area contributed by atoms with E-state index in [1.807, 2.05) is 53.4 Å². The molecule has 0 bridgehead atoms. The Kier molecular flexibility index (Phi) is 8.97. The summed E-state index contributed by atoms with van der Waals surface area (Å²) >= 11 is 14.1. The van der Waals surface area contributed by atoms with Crippen LogP contribution in [0.3, 0.4) is 0 Å². The van der Waals surface area contributed by atoms with Crippen LogP contribution in [-0.2, 0) is 5.75 Å². The highest BCUT2D eigenvalue weighted by atomic mass is 35.5. The number of hydrogen-bond donors (Lipinski definition) is 0. The summed E-state index contributed by atoms with van der Waals surface area (Å²) in [6.45, 7) is 2.95. The molecule has 38 heavy (non-hydrogen) atoms. The van der Waals surface area contributed by atoms with Crippen molar-refractivity contribution in [3.63, 3.8) is 0 Å². The van der Waals surface area contributed by atoms with Gasteiger partial charge in [0.15, 0.2) is 5.16 Å². The molecule has 1 amide bonds. The number of carbonyl (C=O) groups excluding carboxylic acids is 1. The van der Waals surface area contributed by atoms with Crippen molar-refractivity contribution in [3.05, 3.63) is 75.9 Å². The van der Waals surface area contributed by atoms with E-state index in [-0.39, 0.29) is 5.91 Å². The van der Waals surface area contributed by atoms with Crippen LogP contribution in [0.4, 0.5) is 11.5 Å². The highest BCUT2D eigenvalue weighted by molar-refractivity contribution is 7.98. The third-order valence-corrected chi connectivity index (χ3v) is 8.80. The molecule has 1 aromatic heterocycles. The minimum atomic E-state index is 0.0727. The average Bonchev–Trinajstić information content (AvgIpc) is 2.96. The van der Waals surface area contributed by atoms with E-state index in [2.05, 4.69) is 27.9 Å². The van der Waals surface area contributed by atoms with Crippen LogP contribution in [0.25, 0.3) is 0 Å². The first-order chi connectivity index (χ1) is 18.5. The molecule has 1 saturated carbocycles. The Morgan fingerprint density at radius 2 is 1.71 bits per heavy atom. The first-order valence-electron chi connectivity index (χ1n) is 13.3. The van der Waals surface area contributed by atoms with Crippen LogP contribution >= 0.6 is 35.0 Å². The van der Waals surface area contributed by atoms with E-state index < -0.39 is 0 Å². The number of anilines is 2. The lowest BCUT2D eigenvalue weighted by molar-refractivity contribution is 0.0747. The van der Waals surface area contributed by atoms with E-state index in [0.717, 1.165) is 35.2 Å². The van der Waals surface area contributed by atoms with E-state index in [1.165, 1.54) is 32.1 Å². The number of halogens is 2.